The van der Waals surface area contributed by atoms with Crippen molar-refractivity contribution in [2.24, 2.45) is 5.73 Å². The molecule has 1 amide bonds. The number of nitrogens with two attached hydrogens (primary N) is 1. The number of amides is 1. The Morgan fingerprint density at radius 1 is 0.955 bits per heavy atom. The van der Waals surface area contributed by atoms with Crippen molar-refractivity contribution >= 4 is 5.91 Å². The van der Waals surface area contributed by atoms with Crippen LogP contribution in [0.5, 0.6) is 0 Å². The minimum atomic E-state index is -0.237. The summed E-state index contributed by atoms with van der Waals surface area (Å²) in [4.78, 5) is 14.1. The van der Waals surface area contributed by atoms with Gasteiger partial charge >= 0.3 is 0 Å². The molecule has 1 unspecified atom stereocenters. The maximum atomic E-state index is 12.1. The van der Waals surface area contributed by atoms with E-state index >= 15 is 0 Å². The van der Waals surface area contributed by atoms with E-state index in [9.17, 15) is 4.79 Å². The highest BCUT2D eigenvalue weighted by Crippen LogP contribution is 2.33. The van der Waals surface area contributed by atoms with Crippen LogP contribution in [0.1, 0.15) is 97.8 Å². The summed E-state index contributed by atoms with van der Waals surface area (Å²) in [5.41, 5.74) is 5.85. The molecule has 22 heavy (non-hydrogen) atoms. The number of hydrogen-bond donors (Lipinski definition) is 1. The molecule has 1 atom stereocenters. The monoisotopic (exact) mass is 310 g/mol. The van der Waals surface area contributed by atoms with Crippen LogP contribution in [0, 0.1) is 0 Å². The summed E-state index contributed by atoms with van der Waals surface area (Å²) in [7, 11) is 0. The van der Waals surface area contributed by atoms with Gasteiger partial charge in [-0.25, -0.2) is 0 Å². The van der Waals surface area contributed by atoms with Gasteiger partial charge in [-0.2, -0.15) is 0 Å². The number of hydrogen-bond acceptors (Lipinski definition) is 2. The van der Waals surface area contributed by atoms with Crippen LogP contribution in [0.25, 0.3) is 0 Å². The molecular weight excluding hydrogens is 272 g/mol. The molecule has 2 N–H and O–H groups in total. The van der Waals surface area contributed by atoms with Gasteiger partial charge in [-0.05, 0) is 19.8 Å². The lowest BCUT2D eigenvalue weighted by molar-refractivity contribution is -0.151. The Labute approximate surface area is 138 Å². The largest absolute Gasteiger partial charge is 0.334 e. The van der Waals surface area contributed by atoms with Crippen LogP contribution in [0.3, 0.4) is 0 Å². The number of likely N-dealkylation sites (tertiary alicyclic amines) is 1. The van der Waals surface area contributed by atoms with E-state index in [1.165, 1.54) is 64.2 Å². The Morgan fingerprint density at radius 3 is 1.77 bits per heavy atom. The molecule has 0 aromatic heterocycles. The molecule has 0 aromatic carbocycles. The summed E-state index contributed by atoms with van der Waals surface area (Å²) in [5.74, 6) is 0.171. The third-order valence-corrected chi connectivity index (χ3v) is 5.25. The van der Waals surface area contributed by atoms with Crippen molar-refractivity contribution in [3.8, 4) is 0 Å². The van der Waals surface area contributed by atoms with Gasteiger partial charge in [0.05, 0.1) is 0 Å². The molecule has 1 rings (SSSR count). The second-order valence-electron chi connectivity index (χ2n) is 7.38. The molecule has 130 valence electrons. The van der Waals surface area contributed by atoms with Crippen LogP contribution in [0.4, 0.5) is 0 Å². The molecule has 1 saturated heterocycles. The van der Waals surface area contributed by atoms with Crippen LogP contribution in [0.15, 0.2) is 0 Å². The summed E-state index contributed by atoms with van der Waals surface area (Å²) in [5, 5.41) is 0. The Morgan fingerprint density at radius 2 is 1.41 bits per heavy atom. The van der Waals surface area contributed by atoms with Crippen molar-refractivity contribution in [1.82, 2.24) is 4.90 Å². The average molecular weight is 311 g/mol. The van der Waals surface area contributed by atoms with E-state index in [-0.39, 0.29) is 17.5 Å². The summed E-state index contributed by atoms with van der Waals surface area (Å²) in [6, 6.07) is -0.237. The average Bonchev–Trinajstić information content (AvgIpc) is 2.51. The van der Waals surface area contributed by atoms with E-state index < -0.39 is 0 Å². The minimum absolute atomic E-state index is 0.0470. The fourth-order valence-electron chi connectivity index (χ4n) is 3.55. The zero-order chi connectivity index (χ0) is 16.4. The van der Waals surface area contributed by atoms with E-state index in [0.29, 0.717) is 0 Å². The van der Waals surface area contributed by atoms with E-state index in [2.05, 4.69) is 25.7 Å². The molecule has 1 aliphatic rings. The third-order valence-electron chi connectivity index (χ3n) is 5.25. The summed E-state index contributed by atoms with van der Waals surface area (Å²) in [6.45, 7) is 7.55. The maximum Gasteiger partial charge on any atom is 0.241 e. The lowest BCUT2D eigenvalue weighted by atomic mass is 9.83. The van der Waals surface area contributed by atoms with Gasteiger partial charge in [0.25, 0.3) is 0 Å². The highest BCUT2D eigenvalue weighted by atomic mass is 16.2. The van der Waals surface area contributed by atoms with Crippen LogP contribution in [-0.2, 0) is 4.79 Å². The molecular formula is C19H38N2O. The van der Waals surface area contributed by atoms with Crippen molar-refractivity contribution < 1.29 is 4.79 Å². The highest BCUT2D eigenvalue weighted by molar-refractivity contribution is 5.88. The van der Waals surface area contributed by atoms with E-state index in [0.717, 1.165) is 19.4 Å². The summed E-state index contributed by atoms with van der Waals surface area (Å²) < 4.78 is 0. The molecule has 3 heteroatoms. The topological polar surface area (TPSA) is 46.3 Å². The second kappa shape index (κ2) is 10.3. The van der Waals surface area contributed by atoms with E-state index in [1.807, 2.05) is 0 Å². The fourth-order valence-corrected chi connectivity index (χ4v) is 3.55. The SMILES string of the molecule is CCCCCCCC(C)(CCCCCCC)N1CC(N)C1=O. The van der Waals surface area contributed by atoms with E-state index in [1.54, 1.807) is 0 Å². The Hall–Kier alpha value is -0.570. The van der Waals surface area contributed by atoms with Crippen molar-refractivity contribution in [2.75, 3.05) is 6.54 Å². The van der Waals surface area contributed by atoms with Gasteiger partial charge in [0.2, 0.25) is 5.91 Å². The zero-order valence-electron chi connectivity index (χ0n) is 15.2. The number of carbonyl (C=O) groups excluding carboxylic acids is 1. The molecule has 0 radical (unpaired) electrons. The van der Waals surface area contributed by atoms with Crippen LogP contribution >= 0.6 is 0 Å². The lowest BCUT2D eigenvalue weighted by Gasteiger charge is -2.50. The predicted octanol–water partition coefficient (Wildman–Crippen LogP) is 4.64. The first kappa shape index (κ1) is 19.5. The molecule has 1 heterocycles. The molecule has 0 saturated carbocycles. The number of carbonyl (C=O) groups is 1. The fraction of sp³-hybridized carbons (Fsp3) is 0.947. The Bertz CT molecular complexity index is 303. The first-order valence-corrected chi connectivity index (χ1v) is 9.62. The van der Waals surface area contributed by atoms with Crippen molar-refractivity contribution in [1.29, 1.82) is 0 Å². The van der Waals surface area contributed by atoms with Crippen molar-refractivity contribution in [3.63, 3.8) is 0 Å². The van der Waals surface area contributed by atoms with Gasteiger partial charge in [0, 0.05) is 12.1 Å². The smallest absolute Gasteiger partial charge is 0.241 e. The van der Waals surface area contributed by atoms with Gasteiger partial charge in [0.15, 0.2) is 0 Å². The highest BCUT2D eigenvalue weighted by Gasteiger charge is 2.44. The van der Waals surface area contributed by atoms with Crippen molar-refractivity contribution in [3.05, 3.63) is 0 Å². The first-order chi connectivity index (χ1) is 10.5. The van der Waals surface area contributed by atoms with Gasteiger partial charge in [-0.15, -0.1) is 0 Å². The van der Waals surface area contributed by atoms with Crippen LogP contribution < -0.4 is 5.73 Å². The second-order valence-corrected chi connectivity index (χ2v) is 7.38. The summed E-state index contributed by atoms with van der Waals surface area (Å²) in [6.07, 6.45) is 15.3. The summed E-state index contributed by atoms with van der Waals surface area (Å²) >= 11 is 0. The molecule has 0 aromatic rings. The predicted molar refractivity (Wildman–Crippen MR) is 94.8 cm³/mol. The van der Waals surface area contributed by atoms with Gasteiger partial charge < -0.3 is 10.6 Å². The number of rotatable bonds is 13. The van der Waals surface area contributed by atoms with Gasteiger partial charge in [0.1, 0.15) is 6.04 Å². The van der Waals surface area contributed by atoms with Crippen molar-refractivity contribution in [2.45, 2.75) is 109 Å². The Balaban J connectivity index is 2.40. The van der Waals surface area contributed by atoms with E-state index in [4.69, 9.17) is 5.73 Å². The zero-order valence-corrected chi connectivity index (χ0v) is 15.2. The number of nitrogens with zero attached hydrogens (tertiary/aromatic N) is 1. The van der Waals surface area contributed by atoms with Gasteiger partial charge in [-0.3, -0.25) is 4.79 Å². The van der Waals surface area contributed by atoms with Gasteiger partial charge in [-0.1, -0.05) is 78.1 Å². The third kappa shape index (κ3) is 5.91. The first-order valence-electron chi connectivity index (χ1n) is 9.62. The number of unbranched alkanes of at least 4 members (excludes halogenated alkanes) is 8. The normalized spacial score (nSPS) is 18.6. The molecule has 0 bridgehead atoms. The van der Waals surface area contributed by atoms with Crippen LogP contribution in [-0.4, -0.2) is 28.9 Å². The Kier molecular flexibility index (Phi) is 9.08. The maximum absolute atomic E-state index is 12.1. The molecule has 3 nitrogen and oxygen atoms in total. The molecule has 0 aliphatic carbocycles. The molecule has 1 fully saturated rings. The standard InChI is InChI=1S/C19H38N2O/c1-4-6-8-10-12-14-19(3,15-13-11-9-7-5-2)21-16-17(20)18(21)22/h17H,4-16,20H2,1-3H3. The lowest BCUT2D eigenvalue weighted by Crippen LogP contribution is -2.68. The minimum Gasteiger partial charge on any atom is -0.334 e. The van der Waals surface area contributed by atoms with Crippen LogP contribution in [0.2, 0.25) is 0 Å². The molecule has 1 aliphatic heterocycles. The molecule has 0 spiro atoms. The number of β-lactam (4-membered cyclic amide) rings is 1. The quantitative estimate of drug-likeness (QED) is 0.398.